The summed E-state index contributed by atoms with van der Waals surface area (Å²) in [5.74, 6) is -0.0176. The van der Waals surface area contributed by atoms with Crippen LogP contribution in [0, 0.1) is 0 Å². The van der Waals surface area contributed by atoms with Crippen LogP contribution in [-0.4, -0.2) is 13.0 Å². The van der Waals surface area contributed by atoms with Gasteiger partial charge in [0.15, 0.2) is 0 Å². The van der Waals surface area contributed by atoms with Crippen molar-refractivity contribution in [2.45, 2.75) is 6.17 Å². The smallest absolute Gasteiger partial charge is 0.255 e. The maximum Gasteiger partial charge on any atom is 0.255 e. The molecule has 1 atom stereocenters. The number of nitrogens with zero attached hydrogens (tertiary/aromatic N) is 1. The molecule has 0 bridgehead atoms. The van der Waals surface area contributed by atoms with Crippen molar-refractivity contribution in [2.75, 3.05) is 11.9 Å². The SMILES string of the molecule is CN1c2ccccc2C(=O)NC1c1csc(Br)c1. The van der Waals surface area contributed by atoms with Gasteiger partial charge in [-0.15, -0.1) is 11.3 Å². The lowest BCUT2D eigenvalue weighted by atomic mass is 10.1. The Kier molecular flexibility index (Phi) is 2.87. The van der Waals surface area contributed by atoms with E-state index in [9.17, 15) is 4.79 Å². The molecule has 0 fully saturated rings. The van der Waals surface area contributed by atoms with Crippen LogP contribution in [0.1, 0.15) is 22.1 Å². The summed E-state index contributed by atoms with van der Waals surface area (Å²) in [6.07, 6.45) is -0.102. The van der Waals surface area contributed by atoms with Crippen molar-refractivity contribution in [1.29, 1.82) is 0 Å². The molecule has 1 unspecified atom stereocenters. The first-order valence-corrected chi connectivity index (χ1v) is 7.21. The molecule has 0 radical (unpaired) electrons. The first kappa shape index (κ1) is 11.7. The fraction of sp³-hybridized carbons (Fsp3) is 0.154. The summed E-state index contributed by atoms with van der Waals surface area (Å²) in [4.78, 5) is 14.2. The van der Waals surface area contributed by atoms with E-state index in [1.807, 2.05) is 37.4 Å². The number of hydrogen-bond donors (Lipinski definition) is 1. The molecule has 18 heavy (non-hydrogen) atoms. The predicted molar refractivity (Wildman–Crippen MR) is 77.1 cm³/mol. The Balaban J connectivity index is 2.04. The number of halogens is 1. The van der Waals surface area contributed by atoms with E-state index in [2.05, 4.69) is 31.5 Å². The fourth-order valence-corrected chi connectivity index (χ4v) is 3.38. The Morgan fingerprint density at radius 3 is 2.89 bits per heavy atom. The minimum absolute atomic E-state index is 0.0176. The fourth-order valence-electron chi connectivity index (χ4n) is 2.18. The molecule has 2 aromatic rings. The van der Waals surface area contributed by atoms with Crippen molar-refractivity contribution in [1.82, 2.24) is 5.32 Å². The van der Waals surface area contributed by atoms with E-state index in [1.54, 1.807) is 11.3 Å². The summed E-state index contributed by atoms with van der Waals surface area (Å²) in [5.41, 5.74) is 2.79. The number of nitrogens with one attached hydrogen (secondary N) is 1. The normalized spacial score (nSPS) is 18.4. The van der Waals surface area contributed by atoms with Crippen LogP contribution in [0.25, 0.3) is 0 Å². The molecule has 0 aliphatic carbocycles. The molecule has 1 aliphatic rings. The molecule has 5 heteroatoms. The van der Waals surface area contributed by atoms with Gasteiger partial charge in [0.05, 0.1) is 15.0 Å². The Bertz CT molecular complexity index is 611. The largest absolute Gasteiger partial charge is 0.350 e. The van der Waals surface area contributed by atoms with Crippen LogP contribution in [0.3, 0.4) is 0 Å². The average molecular weight is 323 g/mol. The average Bonchev–Trinajstić information content (AvgIpc) is 2.80. The summed E-state index contributed by atoms with van der Waals surface area (Å²) in [6.45, 7) is 0. The first-order valence-electron chi connectivity index (χ1n) is 5.53. The third-order valence-corrected chi connectivity index (χ3v) is 4.61. The molecule has 1 amide bonds. The van der Waals surface area contributed by atoms with Gasteiger partial charge in [-0.05, 0) is 39.5 Å². The summed E-state index contributed by atoms with van der Waals surface area (Å²) >= 11 is 5.07. The molecule has 2 heterocycles. The monoisotopic (exact) mass is 322 g/mol. The highest BCUT2D eigenvalue weighted by atomic mass is 79.9. The predicted octanol–water partition coefficient (Wildman–Crippen LogP) is 3.39. The highest BCUT2D eigenvalue weighted by Gasteiger charge is 2.29. The van der Waals surface area contributed by atoms with Gasteiger partial charge in [-0.2, -0.15) is 0 Å². The minimum atomic E-state index is -0.102. The number of hydrogen-bond acceptors (Lipinski definition) is 3. The van der Waals surface area contributed by atoms with Crippen LogP contribution < -0.4 is 10.2 Å². The Morgan fingerprint density at radius 2 is 2.17 bits per heavy atom. The summed E-state index contributed by atoms with van der Waals surface area (Å²) in [6, 6.07) is 9.70. The lowest BCUT2D eigenvalue weighted by Crippen LogP contribution is -2.44. The van der Waals surface area contributed by atoms with Gasteiger partial charge in [0.25, 0.3) is 5.91 Å². The van der Waals surface area contributed by atoms with Crippen molar-refractivity contribution in [2.24, 2.45) is 0 Å². The van der Waals surface area contributed by atoms with Crippen LogP contribution in [-0.2, 0) is 0 Å². The quantitative estimate of drug-likeness (QED) is 0.872. The highest BCUT2D eigenvalue weighted by molar-refractivity contribution is 9.11. The van der Waals surface area contributed by atoms with Gasteiger partial charge in [-0.1, -0.05) is 12.1 Å². The zero-order chi connectivity index (χ0) is 12.7. The Labute approximate surface area is 118 Å². The second-order valence-corrected chi connectivity index (χ2v) is 6.48. The molecule has 1 aromatic heterocycles. The van der Waals surface area contributed by atoms with Gasteiger partial charge >= 0.3 is 0 Å². The van der Waals surface area contributed by atoms with Gasteiger partial charge in [0, 0.05) is 12.6 Å². The molecule has 1 N–H and O–H groups in total. The van der Waals surface area contributed by atoms with E-state index >= 15 is 0 Å². The van der Waals surface area contributed by atoms with Crippen LogP contribution in [0.4, 0.5) is 5.69 Å². The van der Waals surface area contributed by atoms with E-state index in [4.69, 9.17) is 0 Å². The van der Waals surface area contributed by atoms with E-state index in [0.29, 0.717) is 0 Å². The number of carbonyl (C=O) groups is 1. The number of rotatable bonds is 1. The third-order valence-electron chi connectivity index (χ3n) is 3.09. The number of anilines is 1. The molecular formula is C13H11BrN2OS. The lowest BCUT2D eigenvalue weighted by Gasteiger charge is -2.35. The Morgan fingerprint density at radius 1 is 1.39 bits per heavy atom. The van der Waals surface area contributed by atoms with E-state index in [1.165, 1.54) is 0 Å². The van der Waals surface area contributed by atoms with Crippen molar-refractivity contribution in [3.63, 3.8) is 0 Å². The molecule has 3 nitrogen and oxygen atoms in total. The van der Waals surface area contributed by atoms with Gasteiger partial charge < -0.3 is 10.2 Å². The number of amides is 1. The summed E-state index contributed by atoms with van der Waals surface area (Å²) in [7, 11) is 1.99. The minimum Gasteiger partial charge on any atom is -0.350 e. The number of fused-ring (bicyclic) bond motifs is 1. The zero-order valence-corrected chi connectivity index (χ0v) is 12.1. The molecule has 0 spiro atoms. The first-order chi connectivity index (χ1) is 8.66. The van der Waals surface area contributed by atoms with Gasteiger partial charge in [0.1, 0.15) is 6.17 Å². The maximum atomic E-state index is 12.1. The van der Waals surface area contributed by atoms with Gasteiger partial charge in [0.2, 0.25) is 0 Å². The van der Waals surface area contributed by atoms with Crippen molar-refractivity contribution in [3.8, 4) is 0 Å². The Hall–Kier alpha value is -1.33. The van der Waals surface area contributed by atoms with Crippen molar-refractivity contribution < 1.29 is 4.79 Å². The van der Waals surface area contributed by atoms with Crippen LogP contribution in [0.15, 0.2) is 39.5 Å². The third kappa shape index (κ3) is 1.83. The van der Waals surface area contributed by atoms with Gasteiger partial charge in [-0.3, -0.25) is 4.79 Å². The molecule has 92 valence electrons. The van der Waals surface area contributed by atoms with Crippen LogP contribution in [0.2, 0.25) is 0 Å². The van der Waals surface area contributed by atoms with Gasteiger partial charge in [-0.25, -0.2) is 0 Å². The molecule has 0 saturated heterocycles. The van der Waals surface area contributed by atoms with Crippen molar-refractivity contribution in [3.05, 3.63) is 50.6 Å². The second-order valence-electron chi connectivity index (χ2n) is 4.19. The second kappa shape index (κ2) is 4.40. The molecule has 3 rings (SSSR count). The van der Waals surface area contributed by atoms with E-state index in [0.717, 1.165) is 20.6 Å². The number of thiophene rings is 1. The number of para-hydroxylation sites is 1. The summed E-state index contributed by atoms with van der Waals surface area (Å²) < 4.78 is 1.07. The molecule has 0 saturated carbocycles. The topological polar surface area (TPSA) is 32.3 Å². The number of benzene rings is 1. The zero-order valence-electron chi connectivity index (χ0n) is 9.68. The lowest BCUT2D eigenvalue weighted by molar-refractivity contribution is 0.0928. The number of carbonyl (C=O) groups excluding carboxylic acids is 1. The molecule has 1 aromatic carbocycles. The van der Waals surface area contributed by atoms with Crippen LogP contribution >= 0.6 is 27.3 Å². The highest BCUT2D eigenvalue weighted by Crippen LogP contribution is 2.34. The molecule has 1 aliphatic heterocycles. The summed E-state index contributed by atoms with van der Waals surface area (Å²) in [5, 5.41) is 5.08. The van der Waals surface area contributed by atoms with Crippen molar-refractivity contribution >= 4 is 38.9 Å². The maximum absolute atomic E-state index is 12.1. The van der Waals surface area contributed by atoms with Crippen LogP contribution in [0.5, 0.6) is 0 Å². The van der Waals surface area contributed by atoms with E-state index in [-0.39, 0.29) is 12.1 Å². The standard InChI is InChI=1S/C13H11BrN2OS/c1-16-10-5-3-2-4-9(10)13(17)15-12(16)8-6-11(14)18-7-8/h2-7,12H,1H3,(H,15,17). The van der Waals surface area contributed by atoms with E-state index < -0.39 is 0 Å². The molecular weight excluding hydrogens is 312 g/mol.